The van der Waals surface area contributed by atoms with Crippen LogP contribution in [-0.2, 0) is 4.79 Å². The van der Waals surface area contributed by atoms with Gasteiger partial charge in [-0.25, -0.2) is 0 Å². The van der Waals surface area contributed by atoms with E-state index < -0.39 is 5.91 Å². The number of carbonyl (C=O) groups excluding carboxylic acids is 2. The third-order valence-corrected chi connectivity index (χ3v) is 3.88. The van der Waals surface area contributed by atoms with Gasteiger partial charge in [-0.2, -0.15) is 5.10 Å². The zero-order valence-corrected chi connectivity index (χ0v) is 11.9. The highest BCUT2D eigenvalue weighted by Crippen LogP contribution is 2.41. The molecule has 0 unspecified atom stereocenters. The summed E-state index contributed by atoms with van der Waals surface area (Å²) in [6.45, 7) is 0. The van der Waals surface area contributed by atoms with E-state index in [1.807, 2.05) is 18.2 Å². The van der Waals surface area contributed by atoms with E-state index in [1.165, 1.54) is 17.8 Å². The van der Waals surface area contributed by atoms with Crippen molar-refractivity contribution in [3.05, 3.63) is 59.9 Å². The summed E-state index contributed by atoms with van der Waals surface area (Å²) in [5.74, 6) is -0.273. The minimum atomic E-state index is -0.472. The quantitative estimate of drug-likeness (QED) is 0.839. The van der Waals surface area contributed by atoms with E-state index in [2.05, 4.69) is 33.2 Å². The molecule has 6 heteroatoms. The molecule has 1 aromatic heterocycles. The standard InChI is InChI=1S/C16H16N4O2/c21-15(19-20-16(22)14-7-4-8-17-18-14)13-9-12(10-13)11-5-2-1-3-6-11/h1-8,12-13H,9-10H2,(H,19,21)(H,20,22). The summed E-state index contributed by atoms with van der Waals surface area (Å²) in [5, 5.41) is 7.29. The van der Waals surface area contributed by atoms with Crippen LogP contribution in [0.2, 0.25) is 0 Å². The van der Waals surface area contributed by atoms with Crippen molar-refractivity contribution < 1.29 is 9.59 Å². The van der Waals surface area contributed by atoms with Crippen LogP contribution < -0.4 is 10.9 Å². The first kappa shape index (κ1) is 14.2. The maximum absolute atomic E-state index is 12.0. The molecule has 0 spiro atoms. The second kappa shape index (κ2) is 6.34. The number of benzene rings is 1. The second-order valence-electron chi connectivity index (χ2n) is 5.33. The van der Waals surface area contributed by atoms with Gasteiger partial charge in [0.1, 0.15) is 0 Å². The van der Waals surface area contributed by atoms with E-state index in [4.69, 9.17) is 0 Å². The van der Waals surface area contributed by atoms with E-state index >= 15 is 0 Å². The Morgan fingerprint density at radius 2 is 1.77 bits per heavy atom. The molecule has 112 valence electrons. The Morgan fingerprint density at radius 1 is 1.00 bits per heavy atom. The van der Waals surface area contributed by atoms with Crippen molar-refractivity contribution in [2.24, 2.45) is 5.92 Å². The largest absolute Gasteiger partial charge is 0.290 e. The smallest absolute Gasteiger partial charge is 0.273 e. The van der Waals surface area contributed by atoms with E-state index in [0.717, 1.165) is 12.8 Å². The molecule has 0 atom stereocenters. The van der Waals surface area contributed by atoms with Crippen molar-refractivity contribution in [3.8, 4) is 0 Å². The molecular weight excluding hydrogens is 280 g/mol. The Balaban J connectivity index is 1.45. The van der Waals surface area contributed by atoms with Gasteiger partial charge in [-0.05, 0) is 36.5 Å². The summed E-state index contributed by atoms with van der Waals surface area (Å²) < 4.78 is 0. The highest BCUT2D eigenvalue weighted by Gasteiger charge is 2.35. The number of amides is 2. The monoisotopic (exact) mass is 296 g/mol. The summed E-state index contributed by atoms with van der Waals surface area (Å²) in [4.78, 5) is 23.7. The molecule has 1 heterocycles. The Labute approximate surface area is 127 Å². The lowest BCUT2D eigenvalue weighted by atomic mass is 9.71. The molecule has 6 nitrogen and oxygen atoms in total. The fourth-order valence-corrected chi connectivity index (χ4v) is 2.54. The van der Waals surface area contributed by atoms with E-state index in [1.54, 1.807) is 6.07 Å². The van der Waals surface area contributed by atoms with Crippen LogP contribution in [0.5, 0.6) is 0 Å². The summed E-state index contributed by atoms with van der Waals surface area (Å²) in [6, 6.07) is 13.3. The van der Waals surface area contributed by atoms with E-state index in [9.17, 15) is 9.59 Å². The SMILES string of the molecule is O=C(NNC(=O)C1CC(c2ccccc2)C1)c1cccnn1. The third kappa shape index (κ3) is 3.11. The molecule has 22 heavy (non-hydrogen) atoms. The lowest BCUT2D eigenvalue weighted by Gasteiger charge is -2.34. The maximum atomic E-state index is 12.0. The first-order chi connectivity index (χ1) is 10.7. The summed E-state index contributed by atoms with van der Waals surface area (Å²) in [7, 11) is 0. The molecule has 2 aromatic rings. The molecule has 0 radical (unpaired) electrons. The molecule has 2 amide bonds. The summed E-state index contributed by atoms with van der Waals surface area (Å²) in [5.41, 5.74) is 6.23. The van der Waals surface area contributed by atoms with Crippen LogP contribution in [0.1, 0.15) is 34.8 Å². The molecule has 3 rings (SSSR count). The summed E-state index contributed by atoms with van der Waals surface area (Å²) in [6.07, 6.45) is 3.08. The van der Waals surface area contributed by atoms with Crippen molar-refractivity contribution >= 4 is 11.8 Å². The Morgan fingerprint density at radius 3 is 2.45 bits per heavy atom. The molecule has 1 aliphatic carbocycles. The first-order valence-electron chi connectivity index (χ1n) is 7.17. The highest BCUT2D eigenvalue weighted by molar-refractivity contribution is 5.93. The van der Waals surface area contributed by atoms with Crippen molar-refractivity contribution in [2.75, 3.05) is 0 Å². The normalized spacial score (nSPS) is 19.8. The molecule has 1 fully saturated rings. The topological polar surface area (TPSA) is 84.0 Å². The molecule has 1 aromatic carbocycles. The second-order valence-corrected chi connectivity index (χ2v) is 5.33. The van der Waals surface area contributed by atoms with Crippen LogP contribution in [0.15, 0.2) is 48.7 Å². The zero-order valence-electron chi connectivity index (χ0n) is 11.9. The van der Waals surface area contributed by atoms with Crippen LogP contribution in [0, 0.1) is 5.92 Å². The average Bonchev–Trinajstić information content (AvgIpc) is 2.53. The van der Waals surface area contributed by atoms with E-state index in [-0.39, 0.29) is 17.5 Å². The fraction of sp³-hybridized carbons (Fsp3) is 0.250. The van der Waals surface area contributed by atoms with Crippen LogP contribution in [0.4, 0.5) is 0 Å². The zero-order chi connectivity index (χ0) is 15.4. The molecule has 1 aliphatic rings. The number of rotatable bonds is 3. The predicted molar refractivity (Wildman–Crippen MR) is 79.5 cm³/mol. The van der Waals surface area contributed by atoms with Gasteiger partial charge in [-0.15, -0.1) is 5.10 Å². The minimum absolute atomic E-state index is 0.0626. The van der Waals surface area contributed by atoms with Gasteiger partial charge in [-0.3, -0.25) is 20.4 Å². The predicted octanol–water partition coefficient (Wildman–Crippen LogP) is 1.43. The van der Waals surface area contributed by atoms with Crippen LogP contribution in [0.3, 0.4) is 0 Å². The molecular formula is C16H16N4O2. The molecule has 1 saturated carbocycles. The molecule has 2 N–H and O–H groups in total. The van der Waals surface area contributed by atoms with Crippen molar-refractivity contribution in [1.29, 1.82) is 0 Å². The van der Waals surface area contributed by atoms with Gasteiger partial charge < -0.3 is 0 Å². The fourth-order valence-electron chi connectivity index (χ4n) is 2.54. The van der Waals surface area contributed by atoms with Gasteiger partial charge >= 0.3 is 0 Å². The molecule has 0 bridgehead atoms. The van der Waals surface area contributed by atoms with Crippen LogP contribution in [0.25, 0.3) is 0 Å². The lowest BCUT2D eigenvalue weighted by Crippen LogP contribution is -2.47. The van der Waals surface area contributed by atoms with Gasteiger partial charge in [0.25, 0.3) is 5.91 Å². The van der Waals surface area contributed by atoms with Crippen molar-refractivity contribution in [2.45, 2.75) is 18.8 Å². The van der Waals surface area contributed by atoms with Gasteiger partial charge in [-0.1, -0.05) is 30.3 Å². The summed E-state index contributed by atoms with van der Waals surface area (Å²) >= 11 is 0. The number of nitrogens with one attached hydrogen (secondary N) is 2. The number of hydrazine groups is 1. The maximum Gasteiger partial charge on any atom is 0.290 e. The Hall–Kier alpha value is -2.76. The highest BCUT2D eigenvalue weighted by atomic mass is 16.2. The van der Waals surface area contributed by atoms with Crippen molar-refractivity contribution in [3.63, 3.8) is 0 Å². The van der Waals surface area contributed by atoms with Crippen molar-refractivity contribution in [1.82, 2.24) is 21.0 Å². The molecule has 0 aliphatic heterocycles. The number of nitrogens with zero attached hydrogens (tertiary/aromatic N) is 2. The minimum Gasteiger partial charge on any atom is -0.273 e. The number of carbonyl (C=O) groups is 2. The van der Waals surface area contributed by atoms with E-state index in [0.29, 0.717) is 5.92 Å². The van der Waals surface area contributed by atoms with Gasteiger partial charge in [0.05, 0.1) is 0 Å². The molecule has 0 saturated heterocycles. The van der Waals surface area contributed by atoms with Crippen LogP contribution in [-0.4, -0.2) is 22.0 Å². The number of hydrogen-bond acceptors (Lipinski definition) is 4. The van der Waals surface area contributed by atoms with Gasteiger partial charge in [0, 0.05) is 12.1 Å². The van der Waals surface area contributed by atoms with Crippen LogP contribution >= 0.6 is 0 Å². The number of aromatic nitrogens is 2. The van der Waals surface area contributed by atoms with Gasteiger partial charge in [0.2, 0.25) is 5.91 Å². The third-order valence-electron chi connectivity index (χ3n) is 3.88. The average molecular weight is 296 g/mol. The first-order valence-corrected chi connectivity index (χ1v) is 7.17. The van der Waals surface area contributed by atoms with Gasteiger partial charge in [0.15, 0.2) is 5.69 Å². The lowest BCUT2D eigenvalue weighted by molar-refractivity contribution is -0.128. The number of hydrogen-bond donors (Lipinski definition) is 2. The Kier molecular flexibility index (Phi) is 4.09. The Bertz CT molecular complexity index is 654.